The van der Waals surface area contributed by atoms with Crippen molar-refractivity contribution in [2.75, 3.05) is 7.05 Å². The number of aromatic nitrogens is 2. The quantitative estimate of drug-likeness (QED) is 0.900. The van der Waals surface area contributed by atoms with Crippen LogP contribution in [0.15, 0.2) is 30.6 Å². The molecule has 0 unspecified atom stereocenters. The first-order chi connectivity index (χ1) is 8.63. The van der Waals surface area contributed by atoms with Gasteiger partial charge < -0.3 is 9.88 Å². The van der Waals surface area contributed by atoms with Crippen molar-refractivity contribution in [2.24, 2.45) is 0 Å². The smallest absolute Gasteiger partial charge is 0.287 e. The van der Waals surface area contributed by atoms with E-state index in [0.717, 1.165) is 0 Å². The van der Waals surface area contributed by atoms with Crippen molar-refractivity contribution >= 4 is 5.91 Å². The van der Waals surface area contributed by atoms with E-state index in [4.69, 9.17) is 0 Å². The number of amides is 1. The van der Waals surface area contributed by atoms with Crippen LogP contribution >= 0.6 is 0 Å². The molecular weight excluding hydrogens is 240 g/mol. The van der Waals surface area contributed by atoms with E-state index >= 15 is 0 Å². The van der Waals surface area contributed by atoms with Gasteiger partial charge in [0.25, 0.3) is 5.91 Å². The van der Waals surface area contributed by atoms with E-state index in [9.17, 15) is 13.6 Å². The van der Waals surface area contributed by atoms with Crippen LogP contribution in [0, 0.1) is 11.6 Å². The lowest BCUT2D eigenvalue weighted by molar-refractivity contribution is 0.0949. The van der Waals surface area contributed by atoms with Crippen LogP contribution in [0.5, 0.6) is 0 Å². The van der Waals surface area contributed by atoms with E-state index in [0.29, 0.717) is 0 Å². The van der Waals surface area contributed by atoms with Gasteiger partial charge in [0.2, 0.25) is 0 Å². The summed E-state index contributed by atoms with van der Waals surface area (Å²) < 4.78 is 28.4. The number of rotatable bonds is 3. The van der Waals surface area contributed by atoms with E-state index in [2.05, 4.69) is 10.3 Å². The zero-order valence-corrected chi connectivity index (χ0v) is 9.65. The Hall–Kier alpha value is -2.24. The minimum absolute atomic E-state index is 0.0821. The number of nitrogens with one attached hydrogen (secondary N) is 1. The van der Waals surface area contributed by atoms with Crippen molar-refractivity contribution in [2.45, 2.75) is 6.54 Å². The average molecular weight is 251 g/mol. The van der Waals surface area contributed by atoms with Crippen molar-refractivity contribution < 1.29 is 13.6 Å². The highest BCUT2D eigenvalue weighted by Crippen LogP contribution is 2.14. The Balaban J connectivity index is 2.35. The lowest BCUT2D eigenvalue weighted by atomic mass is 10.2. The summed E-state index contributed by atoms with van der Waals surface area (Å²) in [6, 6.07) is 3.64. The van der Waals surface area contributed by atoms with Crippen LogP contribution in [-0.4, -0.2) is 22.5 Å². The number of carbonyl (C=O) groups excluding carboxylic acids is 1. The van der Waals surface area contributed by atoms with Crippen molar-refractivity contribution in [1.29, 1.82) is 0 Å². The molecule has 6 heteroatoms. The van der Waals surface area contributed by atoms with Crippen LogP contribution in [0.25, 0.3) is 0 Å². The maximum Gasteiger partial charge on any atom is 0.287 e. The molecule has 1 aromatic heterocycles. The second-order valence-electron chi connectivity index (χ2n) is 3.66. The SMILES string of the molecule is CNC(=O)c1nccn1Cc1c(F)cccc1F. The van der Waals surface area contributed by atoms with Gasteiger partial charge >= 0.3 is 0 Å². The molecule has 1 aromatic carbocycles. The molecule has 4 nitrogen and oxygen atoms in total. The number of benzene rings is 1. The van der Waals surface area contributed by atoms with Gasteiger partial charge in [-0.1, -0.05) is 6.07 Å². The normalized spacial score (nSPS) is 10.4. The molecule has 0 bridgehead atoms. The molecule has 2 rings (SSSR count). The molecule has 0 aliphatic rings. The van der Waals surface area contributed by atoms with Gasteiger partial charge in [-0.3, -0.25) is 4.79 Å². The highest BCUT2D eigenvalue weighted by Gasteiger charge is 2.14. The monoisotopic (exact) mass is 251 g/mol. The Morgan fingerprint density at radius 3 is 2.67 bits per heavy atom. The third kappa shape index (κ3) is 2.22. The fourth-order valence-electron chi connectivity index (χ4n) is 1.61. The van der Waals surface area contributed by atoms with Gasteiger partial charge in [0.15, 0.2) is 5.82 Å². The fourth-order valence-corrected chi connectivity index (χ4v) is 1.61. The minimum atomic E-state index is -0.647. The van der Waals surface area contributed by atoms with Gasteiger partial charge in [0, 0.05) is 25.0 Å². The Morgan fingerprint density at radius 1 is 1.39 bits per heavy atom. The molecule has 0 aliphatic carbocycles. The highest BCUT2D eigenvalue weighted by atomic mass is 19.1. The van der Waals surface area contributed by atoms with E-state index in [1.165, 1.54) is 42.2 Å². The Labute approximate surface area is 102 Å². The number of carbonyl (C=O) groups is 1. The summed E-state index contributed by atoms with van der Waals surface area (Å²) in [5, 5.41) is 2.41. The summed E-state index contributed by atoms with van der Waals surface area (Å²) in [7, 11) is 1.46. The molecule has 94 valence electrons. The molecule has 1 N–H and O–H groups in total. The lowest BCUT2D eigenvalue weighted by Crippen LogP contribution is -2.23. The predicted octanol–water partition coefficient (Wildman–Crippen LogP) is 1.57. The average Bonchev–Trinajstić information content (AvgIpc) is 2.81. The topological polar surface area (TPSA) is 46.9 Å². The second-order valence-corrected chi connectivity index (χ2v) is 3.66. The lowest BCUT2D eigenvalue weighted by Gasteiger charge is -2.08. The molecule has 0 atom stereocenters. The standard InChI is InChI=1S/C12H11F2N3O/c1-15-12(18)11-16-5-6-17(11)7-8-9(13)3-2-4-10(8)14/h2-6H,7H2,1H3,(H,15,18). The summed E-state index contributed by atoms with van der Waals surface area (Å²) in [5.74, 6) is -1.59. The van der Waals surface area contributed by atoms with Gasteiger partial charge in [0.05, 0.1) is 6.54 Å². The van der Waals surface area contributed by atoms with Crippen LogP contribution in [-0.2, 0) is 6.54 Å². The molecule has 0 fully saturated rings. The van der Waals surface area contributed by atoms with E-state index < -0.39 is 17.5 Å². The maximum atomic E-state index is 13.5. The Morgan fingerprint density at radius 2 is 2.06 bits per heavy atom. The van der Waals surface area contributed by atoms with Crippen LogP contribution < -0.4 is 5.32 Å². The molecule has 18 heavy (non-hydrogen) atoms. The number of hydrogen-bond donors (Lipinski definition) is 1. The first kappa shape index (κ1) is 12.2. The third-order valence-corrected chi connectivity index (χ3v) is 2.54. The van der Waals surface area contributed by atoms with Gasteiger partial charge in [-0.2, -0.15) is 0 Å². The van der Waals surface area contributed by atoms with Crippen molar-refractivity contribution in [3.63, 3.8) is 0 Å². The molecular formula is C12H11F2N3O. The van der Waals surface area contributed by atoms with Crippen molar-refractivity contribution in [3.05, 3.63) is 53.6 Å². The summed E-state index contributed by atoms with van der Waals surface area (Å²) in [5.41, 5.74) is -0.0966. The van der Waals surface area contributed by atoms with Gasteiger partial charge in [-0.05, 0) is 12.1 Å². The minimum Gasteiger partial charge on any atom is -0.352 e. The van der Waals surface area contributed by atoms with E-state index in [1.54, 1.807) is 0 Å². The first-order valence-electron chi connectivity index (χ1n) is 5.29. The number of halogens is 2. The summed E-state index contributed by atoms with van der Waals surface area (Å²) in [6.45, 7) is -0.0821. The van der Waals surface area contributed by atoms with Gasteiger partial charge in [-0.15, -0.1) is 0 Å². The fraction of sp³-hybridized carbons (Fsp3) is 0.167. The molecule has 0 aliphatic heterocycles. The van der Waals surface area contributed by atoms with Crippen LogP contribution in [0.1, 0.15) is 16.2 Å². The van der Waals surface area contributed by atoms with Crippen LogP contribution in [0.2, 0.25) is 0 Å². The zero-order valence-electron chi connectivity index (χ0n) is 9.65. The molecule has 2 aromatic rings. The number of hydrogen-bond acceptors (Lipinski definition) is 2. The highest BCUT2D eigenvalue weighted by molar-refractivity contribution is 5.90. The zero-order chi connectivity index (χ0) is 13.1. The largest absolute Gasteiger partial charge is 0.352 e. The third-order valence-electron chi connectivity index (χ3n) is 2.54. The van der Waals surface area contributed by atoms with Crippen molar-refractivity contribution in [3.8, 4) is 0 Å². The summed E-state index contributed by atoms with van der Waals surface area (Å²) in [4.78, 5) is 15.3. The van der Waals surface area contributed by atoms with E-state index in [-0.39, 0.29) is 17.9 Å². The van der Waals surface area contributed by atoms with Crippen molar-refractivity contribution in [1.82, 2.24) is 14.9 Å². The number of nitrogens with zero attached hydrogens (tertiary/aromatic N) is 2. The Kier molecular flexibility index (Phi) is 3.36. The van der Waals surface area contributed by atoms with Crippen LogP contribution in [0.3, 0.4) is 0 Å². The molecule has 0 spiro atoms. The maximum absolute atomic E-state index is 13.5. The summed E-state index contributed by atoms with van der Waals surface area (Å²) >= 11 is 0. The predicted molar refractivity (Wildman–Crippen MR) is 61.1 cm³/mol. The molecule has 0 radical (unpaired) electrons. The molecule has 1 amide bonds. The first-order valence-corrected chi connectivity index (χ1v) is 5.29. The van der Waals surface area contributed by atoms with Gasteiger partial charge in [-0.25, -0.2) is 13.8 Å². The van der Waals surface area contributed by atoms with E-state index in [1.807, 2.05) is 0 Å². The number of imidazole rings is 1. The van der Waals surface area contributed by atoms with Gasteiger partial charge in [0.1, 0.15) is 11.6 Å². The molecule has 0 saturated heterocycles. The molecule has 1 heterocycles. The Bertz CT molecular complexity index is 560. The molecule has 0 saturated carbocycles. The summed E-state index contributed by atoms with van der Waals surface area (Å²) in [6.07, 6.45) is 2.90. The van der Waals surface area contributed by atoms with Crippen LogP contribution in [0.4, 0.5) is 8.78 Å². The second kappa shape index (κ2) is 4.95.